The van der Waals surface area contributed by atoms with Crippen LogP contribution in [0.4, 0.5) is 0 Å². The number of azo groups is 1. The topological polar surface area (TPSA) is 66.6 Å². The molecule has 2 aliphatic heterocycles. The highest BCUT2D eigenvalue weighted by Gasteiger charge is 2.50. The van der Waals surface area contributed by atoms with Crippen LogP contribution in [0, 0.1) is 5.41 Å². The van der Waals surface area contributed by atoms with Crippen molar-refractivity contribution >= 4 is 28.0 Å². The molecule has 2 aliphatic rings. The van der Waals surface area contributed by atoms with Gasteiger partial charge in [-0.1, -0.05) is 59.7 Å². The lowest BCUT2D eigenvalue weighted by molar-refractivity contribution is 0.0871. The first-order valence-corrected chi connectivity index (χ1v) is 14.6. The van der Waals surface area contributed by atoms with Gasteiger partial charge in [0.05, 0.1) is 5.71 Å². The van der Waals surface area contributed by atoms with Crippen LogP contribution in [-0.2, 0) is 4.43 Å². The third-order valence-electron chi connectivity index (χ3n) is 5.79. The Morgan fingerprint density at radius 1 is 1.10 bits per heavy atom. The zero-order valence-electron chi connectivity index (χ0n) is 19.5. The largest absolute Gasteiger partial charge is 0.544 e. The Kier molecular flexibility index (Phi) is 5.85. The smallest absolute Gasteiger partial charge is 0.277 e. The first kappa shape index (κ1) is 22.8. The van der Waals surface area contributed by atoms with Gasteiger partial charge in [-0.05, 0) is 37.2 Å². The standard InChI is InChI=1S/C22H33N4O2PSi/c1-15-18-23-24-19(17(21(2,3)4)28-30(8,9)22(5,6)7)29(18)26(25-15)20(27)16-13-11-10-12-14-16/h10-14,18H,1-9H3/b19-17+/t18-,29+/m1/s1. The molecular weight excluding hydrogens is 411 g/mol. The Morgan fingerprint density at radius 3 is 2.23 bits per heavy atom. The number of nitrogens with zero attached hydrogens (tertiary/aromatic N) is 4. The third-order valence-corrected chi connectivity index (χ3v) is 12.5. The van der Waals surface area contributed by atoms with Crippen LogP contribution in [-0.4, -0.2) is 30.5 Å². The fourth-order valence-corrected chi connectivity index (χ4v) is 6.71. The van der Waals surface area contributed by atoms with E-state index in [2.05, 4.69) is 70.0 Å². The van der Waals surface area contributed by atoms with Crippen LogP contribution >= 0.6 is 8.07 Å². The van der Waals surface area contributed by atoms with E-state index in [0.717, 1.165) is 16.9 Å². The molecule has 0 unspecified atom stereocenters. The fraction of sp³-hybridized carbons (Fsp3) is 0.545. The molecule has 3 rings (SSSR count). The monoisotopic (exact) mass is 444 g/mol. The van der Waals surface area contributed by atoms with Gasteiger partial charge in [0, 0.05) is 11.0 Å². The number of hydrogen-bond acceptors (Lipinski definition) is 5. The van der Waals surface area contributed by atoms with Crippen LogP contribution in [0.3, 0.4) is 0 Å². The van der Waals surface area contributed by atoms with Gasteiger partial charge in [-0.2, -0.15) is 15.0 Å². The van der Waals surface area contributed by atoms with Gasteiger partial charge < -0.3 is 4.43 Å². The SMILES string of the molecule is CC1=NN(C(=O)c2ccccc2)[P@]2/C(=C(/O[Si](C)(C)C(C)(C)C)C(C)(C)C)N=N[C@@H]12. The molecular formula is C22H33N4O2PSi. The van der Waals surface area contributed by atoms with E-state index in [1.54, 1.807) is 4.78 Å². The molecule has 2 atom stereocenters. The van der Waals surface area contributed by atoms with E-state index in [4.69, 9.17) is 4.43 Å². The van der Waals surface area contributed by atoms with Gasteiger partial charge in [0.1, 0.15) is 19.3 Å². The molecule has 0 fully saturated rings. The van der Waals surface area contributed by atoms with Crippen LogP contribution in [0.1, 0.15) is 58.8 Å². The zero-order chi connectivity index (χ0) is 22.5. The highest BCUT2D eigenvalue weighted by Crippen LogP contribution is 2.64. The minimum absolute atomic E-state index is 0.0497. The fourth-order valence-electron chi connectivity index (χ4n) is 2.95. The molecule has 0 aliphatic carbocycles. The average molecular weight is 445 g/mol. The van der Waals surface area contributed by atoms with Gasteiger partial charge in [-0.3, -0.25) is 4.79 Å². The number of fused-ring (bicyclic) bond motifs is 1. The summed E-state index contributed by atoms with van der Waals surface area (Å²) < 4.78 is 8.43. The van der Waals surface area contributed by atoms with Crippen molar-refractivity contribution in [3.05, 3.63) is 47.1 Å². The van der Waals surface area contributed by atoms with E-state index in [1.165, 1.54) is 0 Å². The van der Waals surface area contributed by atoms with E-state index < -0.39 is 16.4 Å². The molecule has 0 bridgehead atoms. The molecule has 0 spiro atoms. The number of amides is 1. The first-order valence-electron chi connectivity index (χ1n) is 10.3. The highest BCUT2D eigenvalue weighted by molar-refractivity contribution is 7.62. The van der Waals surface area contributed by atoms with Crippen molar-refractivity contribution in [2.75, 3.05) is 0 Å². The summed E-state index contributed by atoms with van der Waals surface area (Å²) in [4.78, 5) is 13.3. The molecule has 0 saturated carbocycles. The average Bonchev–Trinajstić information content (AvgIpc) is 3.19. The number of carbonyl (C=O) groups is 1. The summed E-state index contributed by atoms with van der Waals surface area (Å²) in [5, 5.41) is 13.8. The van der Waals surface area contributed by atoms with Gasteiger partial charge in [-0.15, -0.1) is 5.11 Å². The van der Waals surface area contributed by atoms with Crippen LogP contribution in [0.25, 0.3) is 0 Å². The molecule has 30 heavy (non-hydrogen) atoms. The summed E-state index contributed by atoms with van der Waals surface area (Å²) in [5.41, 5.74) is 1.96. The van der Waals surface area contributed by atoms with Crippen molar-refractivity contribution in [2.24, 2.45) is 20.7 Å². The Bertz CT molecular complexity index is 927. The van der Waals surface area contributed by atoms with E-state index >= 15 is 0 Å². The molecule has 0 N–H and O–H groups in total. The van der Waals surface area contributed by atoms with Crippen molar-refractivity contribution in [3.63, 3.8) is 0 Å². The van der Waals surface area contributed by atoms with E-state index in [0.29, 0.717) is 5.56 Å². The molecule has 2 heterocycles. The second kappa shape index (κ2) is 7.68. The molecule has 0 radical (unpaired) electrons. The lowest BCUT2D eigenvalue weighted by Gasteiger charge is -2.41. The van der Waals surface area contributed by atoms with Crippen molar-refractivity contribution < 1.29 is 9.22 Å². The minimum atomic E-state index is -2.11. The number of benzene rings is 1. The molecule has 0 aromatic heterocycles. The summed E-state index contributed by atoms with van der Waals surface area (Å²) in [5.74, 6) is 0.541. The van der Waals surface area contributed by atoms with E-state index in [-0.39, 0.29) is 22.1 Å². The quantitative estimate of drug-likeness (QED) is 0.288. The molecule has 1 aromatic carbocycles. The summed E-state index contributed by atoms with van der Waals surface area (Å²) in [6, 6.07) is 9.28. The van der Waals surface area contributed by atoms with Crippen LogP contribution in [0.2, 0.25) is 18.1 Å². The van der Waals surface area contributed by atoms with Crippen molar-refractivity contribution in [2.45, 2.75) is 72.4 Å². The Morgan fingerprint density at radius 2 is 1.70 bits per heavy atom. The number of rotatable bonds is 3. The lowest BCUT2D eigenvalue weighted by Crippen LogP contribution is -2.42. The number of hydrazone groups is 1. The predicted octanol–water partition coefficient (Wildman–Crippen LogP) is 6.94. The van der Waals surface area contributed by atoms with Gasteiger partial charge >= 0.3 is 0 Å². The third kappa shape index (κ3) is 4.15. The normalized spacial score (nSPS) is 23.4. The van der Waals surface area contributed by atoms with E-state index in [9.17, 15) is 4.79 Å². The summed E-state index contributed by atoms with van der Waals surface area (Å²) in [6.45, 7) is 19.5. The second-order valence-corrected chi connectivity index (χ2v) is 17.1. The van der Waals surface area contributed by atoms with Crippen molar-refractivity contribution in [1.29, 1.82) is 0 Å². The molecule has 1 amide bonds. The summed E-state index contributed by atoms with van der Waals surface area (Å²) >= 11 is 0. The molecule has 1 aromatic rings. The summed E-state index contributed by atoms with van der Waals surface area (Å²) in [7, 11) is -3.30. The predicted molar refractivity (Wildman–Crippen MR) is 126 cm³/mol. The Hall–Kier alpha value is -1.85. The maximum atomic E-state index is 13.3. The maximum Gasteiger partial charge on any atom is 0.277 e. The Balaban J connectivity index is 2.08. The number of carbonyl (C=O) groups excluding carboxylic acids is 1. The Labute approximate surface area is 182 Å². The molecule has 162 valence electrons. The zero-order valence-corrected chi connectivity index (χ0v) is 21.4. The maximum absolute atomic E-state index is 13.3. The molecule has 0 saturated heterocycles. The van der Waals surface area contributed by atoms with Gasteiger partial charge in [0.2, 0.25) is 8.32 Å². The van der Waals surface area contributed by atoms with E-state index in [1.807, 2.05) is 37.3 Å². The van der Waals surface area contributed by atoms with Crippen LogP contribution in [0.15, 0.2) is 56.9 Å². The van der Waals surface area contributed by atoms with Crippen molar-refractivity contribution in [1.82, 2.24) is 4.78 Å². The van der Waals surface area contributed by atoms with Crippen LogP contribution in [0.5, 0.6) is 0 Å². The molecule has 6 nitrogen and oxygen atoms in total. The van der Waals surface area contributed by atoms with Crippen molar-refractivity contribution in [3.8, 4) is 0 Å². The van der Waals surface area contributed by atoms with Gasteiger partial charge in [-0.25, -0.2) is 0 Å². The summed E-state index contributed by atoms with van der Waals surface area (Å²) in [6.07, 6.45) is 0. The second-order valence-electron chi connectivity index (χ2n) is 10.4. The highest BCUT2D eigenvalue weighted by atomic mass is 31.1. The first-order chi connectivity index (χ1) is 13.7. The van der Waals surface area contributed by atoms with Gasteiger partial charge in [0.25, 0.3) is 5.91 Å². The van der Waals surface area contributed by atoms with Gasteiger partial charge in [0.15, 0.2) is 5.78 Å². The lowest BCUT2D eigenvalue weighted by atomic mass is 9.94. The molecule has 8 heteroatoms. The number of hydrogen-bond donors (Lipinski definition) is 0. The number of allylic oxidation sites excluding steroid dienone is 1. The minimum Gasteiger partial charge on any atom is -0.544 e. The van der Waals surface area contributed by atoms with Crippen LogP contribution < -0.4 is 0 Å².